The normalized spacial score (nSPS) is 16.5. The summed E-state index contributed by atoms with van der Waals surface area (Å²) in [6.07, 6.45) is 6.00. The number of nitrogens with one attached hydrogen (secondary N) is 1. The van der Waals surface area contributed by atoms with Crippen LogP contribution in [0.1, 0.15) is 57.1 Å². The summed E-state index contributed by atoms with van der Waals surface area (Å²) in [5, 5.41) is 3.40. The van der Waals surface area contributed by atoms with Crippen molar-refractivity contribution in [1.82, 2.24) is 5.09 Å². The molecule has 1 heterocycles. The molecule has 2 aromatic carbocycles. The standard InChI is InChI=1S/C25H32NO2P/c1-3-5-8-13-21(4-2)18-26-29(27)19-24(22-14-9-6-10-15-22)28-25(20-29)23-16-11-7-12-17-23/h6-7,9-12,14-17,19-21H,3-5,8,13,18H2,1-2H3,(H,26,27)/t21-/m1/s1. The molecule has 1 aliphatic rings. The van der Waals surface area contributed by atoms with E-state index < -0.39 is 7.29 Å². The van der Waals surface area contributed by atoms with E-state index in [1.807, 2.05) is 60.7 Å². The molecule has 3 rings (SSSR count). The Morgan fingerprint density at radius 3 is 1.90 bits per heavy atom. The first kappa shape index (κ1) is 21.6. The predicted molar refractivity (Wildman–Crippen MR) is 123 cm³/mol. The van der Waals surface area contributed by atoms with Crippen molar-refractivity contribution < 1.29 is 9.30 Å². The lowest BCUT2D eigenvalue weighted by molar-refractivity contribution is 0.438. The van der Waals surface area contributed by atoms with Crippen LogP contribution >= 0.6 is 7.29 Å². The van der Waals surface area contributed by atoms with Crippen molar-refractivity contribution >= 4 is 18.8 Å². The average molecular weight is 410 g/mol. The zero-order valence-corrected chi connectivity index (χ0v) is 18.4. The molecule has 0 unspecified atom stereocenters. The van der Waals surface area contributed by atoms with E-state index in [4.69, 9.17) is 4.74 Å². The first-order valence-electron chi connectivity index (χ1n) is 10.7. The monoisotopic (exact) mass is 409 g/mol. The molecule has 0 saturated carbocycles. The molecule has 0 aromatic heterocycles. The average Bonchev–Trinajstić information content (AvgIpc) is 2.77. The van der Waals surface area contributed by atoms with Gasteiger partial charge in [-0.15, -0.1) is 0 Å². The molecule has 0 amide bonds. The molecule has 2 aromatic rings. The lowest BCUT2D eigenvalue weighted by Crippen LogP contribution is -2.20. The summed E-state index contributed by atoms with van der Waals surface area (Å²) in [4.78, 5) is 0. The van der Waals surface area contributed by atoms with Crippen molar-refractivity contribution in [1.29, 1.82) is 0 Å². The van der Waals surface area contributed by atoms with Gasteiger partial charge in [-0.05, 0) is 12.3 Å². The minimum Gasteiger partial charge on any atom is -0.456 e. The summed E-state index contributed by atoms with van der Waals surface area (Å²) in [6, 6.07) is 19.8. The Morgan fingerprint density at radius 1 is 0.862 bits per heavy atom. The highest BCUT2D eigenvalue weighted by molar-refractivity contribution is 7.68. The van der Waals surface area contributed by atoms with Gasteiger partial charge in [0.2, 0.25) is 0 Å². The zero-order chi connectivity index (χ0) is 20.5. The van der Waals surface area contributed by atoms with E-state index in [9.17, 15) is 4.57 Å². The van der Waals surface area contributed by atoms with Crippen LogP contribution in [-0.4, -0.2) is 6.54 Å². The lowest BCUT2D eigenvalue weighted by atomic mass is 9.99. The lowest BCUT2D eigenvalue weighted by Gasteiger charge is -2.25. The van der Waals surface area contributed by atoms with Crippen LogP contribution < -0.4 is 5.09 Å². The third-order valence-electron chi connectivity index (χ3n) is 5.37. The van der Waals surface area contributed by atoms with Crippen LogP contribution in [-0.2, 0) is 9.30 Å². The fourth-order valence-corrected chi connectivity index (χ4v) is 5.43. The number of rotatable bonds is 10. The first-order valence-corrected chi connectivity index (χ1v) is 12.6. The van der Waals surface area contributed by atoms with Crippen LogP contribution in [0.2, 0.25) is 0 Å². The van der Waals surface area contributed by atoms with Gasteiger partial charge in [0.1, 0.15) is 11.5 Å². The maximum absolute atomic E-state index is 13.8. The van der Waals surface area contributed by atoms with Crippen LogP contribution in [0.25, 0.3) is 11.5 Å². The highest BCUT2D eigenvalue weighted by Gasteiger charge is 2.27. The Bertz CT molecular complexity index is 815. The number of hydrogen-bond acceptors (Lipinski definition) is 2. The smallest absolute Gasteiger partial charge is 0.198 e. The SMILES string of the molecule is CCCCC[C@@H](CC)CNP1(=O)C=C(c2ccccc2)OC(c2ccccc2)=C1. The Morgan fingerprint density at radius 2 is 1.41 bits per heavy atom. The van der Waals surface area contributed by atoms with Crippen molar-refractivity contribution in [2.24, 2.45) is 5.92 Å². The van der Waals surface area contributed by atoms with E-state index in [2.05, 4.69) is 18.9 Å². The van der Waals surface area contributed by atoms with E-state index in [0.717, 1.165) is 24.1 Å². The van der Waals surface area contributed by atoms with Gasteiger partial charge < -0.3 is 4.74 Å². The van der Waals surface area contributed by atoms with Crippen LogP contribution in [0.4, 0.5) is 0 Å². The van der Waals surface area contributed by atoms with E-state index in [1.54, 1.807) is 11.6 Å². The molecule has 0 aliphatic carbocycles. The third-order valence-corrected chi connectivity index (χ3v) is 7.29. The second-order valence-electron chi connectivity index (χ2n) is 7.66. The highest BCUT2D eigenvalue weighted by Crippen LogP contribution is 2.53. The van der Waals surface area contributed by atoms with Crippen molar-refractivity contribution in [3.63, 3.8) is 0 Å². The molecule has 154 valence electrons. The van der Waals surface area contributed by atoms with E-state index in [1.165, 1.54) is 25.7 Å². The van der Waals surface area contributed by atoms with Crippen molar-refractivity contribution in [3.8, 4) is 0 Å². The molecule has 0 spiro atoms. The first-order chi connectivity index (χ1) is 14.1. The second kappa shape index (κ2) is 10.6. The Kier molecular flexibility index (Phi) is 7.91. The molecule has 0 saturated heterocycles. The van der Waals surface area contributed by atoms with Crippen molar-refractivity contribution in [2.45, 2.75) is 46.0 Å². The topological polar surface area (TPSA) is 38.3 Å². The van der Waals surface area contributed by atoms with Crippen LogP contribution in [0.3, 0.4) is 0 Å². The van der Waals surface area contributed by atoms with Gasteiger partial charge in [-0.2, -0.15) is 0 Å². The van der Waals surface area contributed by atoms with Gasteiger partial charge in [0.05, 0.1) is 0 Å². The summed E-state index contributed by atoms with van der Waals surface area (Å²) in [6.45, 7) is 5.20. The van der Waals surface area contributed by atoms with Crippen molar-refractivity contribution in [3.05, 3.63) is 83.4 Å². The molecule has 1 N–H and O–H groups in total. The largest absolute Gasteiger partial charge is 0.456 e. The molecule has 29 heavy (non-hydrogen) atoms. The number of hydrogen-bond donors (Lipinski definition) is 1. The molecular formula is C25H32NO2P. The molecule has 4 heteroatoms. The van der Waals surface area contributed by atoms with E-state index in [0.29, 0.717) is 17.4 Å². The minimum absolute atomic E-state index is 0.539. The fourth-order valence-electron chi connectivity index (χ4n) is 3.53. The van der Waals surface area contributed by atoms with Crippen molar-refractivity contribution in [2.75, 3.05) is 6.54 Å². The van der Waals surface area contributed by atoms with Gasteiger partial charge in [0.15, 0.2) is 7.29 Å². The number of unbranched alkanes of at least 4 members (excludes halogenated alkanes) is 2. The molecule has 0 fully saturated rings. The van der Waals surface area contributed by atoms with Crippen LogP contribution in [0, 0.1) is 5.92 Å². The van der Waals surface area contributed by atoms with E-state index >= 15 is 0 Å². The van der Waals surface area contributed by atoms with Crippen LogP contribution in [0.15, 0.2) is 72.3 Å². The van der Waals surface area contributed by atoms with Gasteiger partial charge in [-0.1, -0.05) is 100 Å². The Hall–Kier alpha value is -2.09. The second-order valence-corrected chi connectivity index (χ2v) is 9.91. The van der Waals surface area contributed by atoms with Gasteiger partial charge in [0.25, 0.3) is 0 Å². The summed E-state index contributed by atoms with van der Waals surface area (Å²) in [7, 11) is -2.86. The Labute approximate surface area is 175 Å². The molecule has 0 bridgehead atoms. The van der Waals surface area contributed by atoms with E-state index in [-0.39, 0.29) is 0 Å². The van der Waals surface area contributed by atoms with Crippen LogP contribution in [0.5, 0.6) is 0 Å². The summed E-state index contributed by atoms with van der Waals surface area (Å²) in [5.74, 6) is 5.42. The highest BCUT2D eigenvalue weighted by atomic mass is 31.2. The summed E-state index contributed by atoms with van der Waals surface area (Å²) in [5.41, 5.74) is 1.87. The maximum atomic E-state index is 13.8. The molecule has 1 atom stereocenters. The minimum atomic E-state index is -2.86. The molecule has 0 radical (unpaired) electrons. The summed E-state index contributed by atoms with van der Waals surface area (Å²) < 4.78 is 20.0. The quantitative estimate of drug-likeness (QED) is 0.326. The fraction of sp³-hybridized carbons (Fsp3) is 0.360. The summed E-state index contributed by atoms with van der Waals surface area (Å²) >= 11 is 0. The maximum Gasteiger partial charge on any atom is 0.198 e. The zero-order valence-electron chi connectivity index (χ0n) is 17.5. The van der Waals surface area contributed by atoms with Gasteiger partial charge in [-0.25, -0.2) is 0 Å². The molecular weight excluding hydrogens is 377 g/mol. The molecule has 3 nitrogen and oxygen atoms in total. The van der Waals surface area contributed by atoms with Gasteiger partial charge >= 0.3 is 0 Å². The van der Waals surface area contributed by atoms with Gasteiger partial charge in [-0.3, -0.25) is 9.65 Å². The number of ether oxygens (including phenoxy) is 1. The third kappa shape index (κ3) is 6.19. The molecule has 1 aliphatic heterocycles. The Balaban J connectivity index is 1.83. The van der Waals surface area contributed by atoms with Gasteiger partial charge in [0, 0.05) is 29.3 Å². The number of benzene rings is 2. The predicted octanol–water partition coefficient (Wildman–Crippen LogP) is 7.49.